The van der Waals surface area contributed by atoms with Crippen LogP contribution in [-0.2, 0) is 0 Å². The highest BCUT2D eigenvalue weighted by atomic mass is 35.5. The van der Waals surface area contributed by atoms with E-state index in [9.17, 15) is 0 Å². The van der Waals surface area contributed by atoms with E-state index in [1.54, 1.807) is 11.3 Å². The van der Waals surface area contributed by atoms with E-state index in [1.165, 1.54) is 10.4 Å². The lowest BCUT2D eigenvalue weighted by Crippen LogP contribution is -2.45. The second kappa shape index (κ2) is 8.25. The fourth-order valence-corrected chi connectivity index (χ4v) is 3.94. The molecule has 0 radical (unpaired) electrons. The average molecular weight is 337 g/mol. The van der Waals surface area contributed by atoms with Crippen molar-refractivity contribution in [2.24, 2.45) is 0 Å². The molecule has 1 atom stereocenters. The third-order valence-electron chi connectivity index (χ3n) is 3.19. The van der Waals surface area contributed by atoms with Crippen LogP contribution in [0.3, 0.4) is 0 Å². The number of hydrogen-bond donors (Lipinski definition) is 1. The Kier molecular flexibility index (Phi) is 7.36. The Morgan fingerprint density at radius 3 is 2.47 bits per heavy atom. The summed E-state index contributed by atoms with van der Waals surface area (Å²) in [7, 11) is 0. The molecule has 2 aromatic heterocycles. The summed E-state index contributed by atoms with van der Waals surface area (Å²) < 4.78 is 0. The summed E-state index contributed by atoms with van der Waals surface area (Å²) in [6.07, 6.45) is 0. The van der Waals surface area contributed by atoms with E-state index < -0.39 is 0 Å². The van der Waals surface area contributed by atoms with Gasteiger partial charge in [-0.3, -0.25) is 4.90 Å². The fourth-order valence-electron chi connectivity index (χ4n) is 2.37. The van der Waals surface area contributed by atoms with Crippen molar-refractivity contribution in [2.75, 3.05) is 26.2 Å². The van der Waals surface area contributed by atoms with Gasteiger partial charge in [0.05, 0.1) is 6.04 Å². The molecule has 0 aromatic carbocycles. The van der Waals surface area contributed by atoms with Gasteiger partial charge in [-0.05, 0) is 33.8 Å². The molecule has 3 rings (SSSR count). The predicted octanol–water partition coefficient (Wildman–Crippen LogP) is 3.65. The van der Waals surface area contributed by atoms with Crippen LogP contribution in [0.5, 0.6) is 0 Å². The van der Waals surface area contributed by atoms with Crippen LogP contribution < -0.4 is 5.32 Å². The number of halogens is 2. The van der Waals surface area contributed by atoms with Gasteiger partial charge in [0, 0.05) is 31.1 Å². The highest BCUT2D eigenvalue weighted by Gasteiger charge is 2.24. The van der Waals surface area contributed by atoms with Crippen LogP contribution in [0.4, 0.5) is 0 Å². The smallest absolute Gasteiger partial charge is 0.0705 e. The van der Waals surface area contributed by atoms with E-state index in [4.69, 9.17) is 0 Å². The zero-order chi connectivity index (χ0) is 11.5. The van der Waals surface area contributed by atoms with Gasteiger partial charge in [0.2, 0.25) is 0 Å². The van der Waals surface area contributed by atoms with E-state index in [2.05, 4.69) is 44.6 Å². The Bertz CT molecular complexity index is 405. The molecule has 0 spiro atoms. The molecule has 1 fully saturated rings. The Hall–Kier alpha value is -0.100. The number of nitrogens with one attached hydrogen (secondary N) is 1. The first kappa shape index (κ1) is 17.0. The van der Waals surface area contributed by atoms with Crippen molar-refractivity contribution >= 4 is 47.5 Å². The Morgan fingerprint density at radius 1 is 1.11 bits per heavy atom. The van der Waals surface area contributed by atoms with E-state index in [1.807, 2.05) is 11.3 Å². The van der Waals surface area contributed by atoms with Crippen LogP contribution in [0.2, 0.25) is 0 Å². The standard InChI is InChI=1S/C13H16N2S2.2ClH/c1-2-12(17-8-1)13(11-3-9-16-10-11)15-6-4-14-5-7-15;;/h1-3,8-10,13-14H,4-7H2;2*1H/t13-;;/m0../s1. The molecule has 3 heterocycles. The van der Waals surface area contributed by atoms with Crippen LogP contribution in [0, 0.1) is 0 Å². The molecule has 1 saturated heterocycles. The van der Waals surface area contributed by atoms with E-state index >= 15 is 0 Å². The lowest BCUT2D eigenvalue weighted by Gasteiger charge is -2.34. The van der Waals surface area contributed by atoms with Crippen molar-refractivity contribution in [1.29, 1.82) is 0 Å². The third kappa shape index (κ3) is 3.94. The van der Waals surface area contributed by atoms with Gasteiger partial charge in [-0.15, -0.1) is 36.2 Å². The highest BCUT2D eigenvalue weighted by molar-refractivity contribution is 7.10. The maximum Gasteiger partial charge on any atom is 0.0705 e. The molecule has 1 aliphatic rings. The van der Waals surface area contributed by atoms with Crippen molar-refractivity contribution in [3.8, 4) is 0 Å². The summed E-state index contributed by atoms with van der Waals surface area (Å²) >= 11 is 3.66. The minimum absolute atomic E-state index is 0. The molecular weight excluding hydrogens is 319 g/mol. The normalized spacial score (nSPS) is 17.3. The SMILES string of the molecule is Cl.Cl.c1csc([C@H](c2ccsc2)N2CCNCC2)c1. The monoisotopic (exact) mass is 336 g/mol. The first-order valence-corrected chi connectivity index (χ1v) is 7.77. The van der Waals surface area contributed by atoms with E-state index in [0.717, 1.165) is 26.2 Å². The van der Waals surface area contributed by atoms with Gasteiger partial charge in [-0.2, -0.15) is 11.3 Å². The number of thiophene rings is 2. The Labute approximate surface area is 134 Å². The fraction of sp³-hybridized carbons (Fsp3) is 0.385. The maximum atomic E-state index is 3.42. The number of piperazine rings is 1. The second-order valence-electron chi connectivity index (χ2n) is 4.26. The lowest BCUT2D eigenvalue weighted by molar-refractivity contribution is 0.201. The van der Waals surface area contributed by atoms with Gasteiger partial charge in [0.15, 0.2) is 0 Å². The van der Waals surface area contributed by atoms with Gasteiger partial charge >= 0.3 is 0 Å². The Balaban J connectivity index is 0.000000902. The predicted molar refractivity (Wildman–Crippen MR) is 89.4 cm³/mol. The van der Waals surface area contributed by atoms with Crippen LogP contribution >= 0.6 is 47.5 Å². The summed E-state index contributed by atoms with van der Waals surface area (Å²) in [6, 6.07) is 7.14. The summed E-state index contributed by atoms with van der Waals surface area (Å²) in [5.41, 5.74) is 1.44. The third-order valence-corrected chi connectivity index (χ3v) is 4.81. The molecule has 106 valence electrons. The Morgan fingerprint density at radius 2 is 1.89 bits per heavy atom. The molecule has 6 heteroatoms. The van der Waals surface area contributed by atoms with Gasteiger partial charge in [0.1, 0.15) is 0 Å². The van der Waals surface area contributed by atoms with Gasteiger partial charge in [0.25, 0.3) is 0 Å². The van der Waals surface area contributed by atoms with Crippen molar-refractivity contribution in [2.45, 2.75) is 6.04 Å². The minimum Gasteiger partial charge on any atom is -0.314 e. The van der Waals surface area contributed by atoms with Crippen molar-refractivity contribution in [3.05, 3.63) is 44.8 Å². The van der Waals surface area contributed by atoms with Crippen LogP contribution in [0.1, 0.15) is 16.5 Å². The summed E-state index contributed by atoms with van der Waals surface area (Å²) in [5.74, 6) is 0. The lowest BCUT2D eigenvalue weighted by atomic mass is 10.1. The van der Waals surface area contributed by atoms with Gasteiger partial charge < -0.3 is 5.32 Å². The van der Waals surface area contributed by atoms with Gasteiger partial charge in [-0.1, -0.05) is 6.07 Å². The van der Waals surface area contributed by atoms with E-state index in [-0.39, 0.29) is 24.8 Å². The molecule has 1 aliphatic heterocycles. The van der Waals surface area contributed by atoms with E-state index in [0.29, 0.717) is 6.04 Å². The summed E-state index contributed by atoms with van der Waals surface area (Å²) in [5, 5.41) is 10.1. The van der Waals surface area contributed by atoms with Crippen molar-refractivity contribution in [3.63, 3.8) is 0 Å². The summed E-state index contributed by atoms with van der Waals surface area (Å²) in [6.45, 7) is 4.48. The van der Waals surface area contributed by atoms with Crippen LogP contribution in [0.15, 0.2) is 34.3 Å². The van der Waals surface area contributed by atoms with Crippen LogP contribution in [-0.4, -0.2) is 31.1 Å². The molecule has 2 aromatic rings. The largest absolute Gasteiger partial charge is 0.314 e. The molecular formula is C13H18Cl2N2S2. The first-order valence-electron chi connectivity index (χ1n) is 5.95. The van der Waals surface area contributed by atoms with Crippen molar-refractivity contribution < 1.29 is 0 Å². The topological polar surface area (TPSA) is 15.3 Å². The quantitative estimate of drug-likeness (QED) is 0.920. The highest BCUT2D eigenvalue weighted by Crippen LogP contribution is 2.32. The molecule has 0 unspecified atom stereocenters. The number of rotatable bonds is 3. The average Bonchev–Trinajstić information content (AvgIpc) is 3.04. The number of nitrogens with zero attached hydrogens (tertiary/aromatic N) is 1. The molecule has 0 amide bonds. The zero-order valence-electron chi connectivity index (χ0n) is 10.5. The van der Waals surface area contributed by atoms with Crippen molar-refractivity contribution in [1.82, 2.24) is 10.2 Å². The van der Waals surface area contributed by atoms with Gasteiger partial charge in [-0.25, -0.2) is 0 Å². The summed E-state index contributed by atoms with van der Waals surface area (Å²) in [4.78, 5) is 4.05. The number of hydrogen-bond acceptors (Lipinski definition) is 4. The maximum absolute atomic E-state index is 3.42. The second-order valence-corrected chi connectivity index (χ2v) is 6.02. The molecule has 0 aliphatic carbocycles. The molecule has 2 nitrogen and oxygen atoms in total. The molecule has 19 heavy (non-hydrogen) atoms. The van der Waals surface area contributed by atoms with Crippen LogP contribution in [0.25, 0.3) is 0 Å². The minimum atomic E-state index is 0. The first-order chi connectivity index (χ1) is 8.45. The molecule has 0 bridgehead atoms. The molecule has 1 N–H and O–H groups in total. The molecule has 0 saturated carbocycles. The zero-order valence-corrected chi connectivity index (χ0v) is 13.7.